The van der Waals surface area contributed by atoms with Crippen LogP contribution in [0.3, 0.4) is 0 Å². The average Bonchev–Trinajstić information content (AvgIpc) is 2.73. The number of benzene rings is 1. The van der Waals surface area contributed by atoms with Crippen molar-refractivity contribution in [3.8, 4) is 0 Å². The van der Waals surface area contributed by atoms with Gasteiger partial charge >= 0.3 is 11.9 Å². The normalized spacial score (nSPS) is 16.5. The number of methoxy groups -OCH3 is 1. The number of carboxylic acid groups (broad SMARTS) is 1. The molecule has 166 valence electrons. The molecular formula is C19H18Cl2FN3O5S. The number of thioether (sulfide) groups is 1. The second-order valence-electron chi connectivity index (χ2n) is 6.15. The number of dihydropyridines is 1. The van der Waals surface area contributed by atoms with Crippen molar-refractivity contribution in [1.29, 1.82) is 0 Å². The number of allylic oxidation sites excluding steroid dienone is 1. The molecule has 1 aliphatic rings. The van der Waals surface area contributed by atoms with Gasteiger partial charge in [0.25, 0.3) is 5.91 Å². The molecule has 0 saturated carbocycles. The Morgan fingerprint density at radius 1 is 1.26 bits per heavy atom. The Kier molecular flexibility index (Phi) is 9.02. The van der Waals surface area contributed by atoms with Gasteiger partial charge in [-0.05, 0) is 11.6 Å². The van der Waals surface area contributed by atoms with E-state index in [0.29, 0.717) is 0 Å². The fourth-order valence-corrected chi connectivity index (χ4v) is 4.08. The number of hydrogen-bond donors (Lipinski definition) is 2. The molecule has 0 saturated heterocycles. The zero-order chi connectivity index (χ0) is 23.1. The van der Waals surface area contributed by atoms with Gasteiger partial charge in [0.2, 0.25) is 0 Å². The maximum atomic E-state index is 13.9. The van der Waals surface area contributed by atoms with Crippen molar-refractivity contribution >= 4 is 52.8 Å². The van der Waals surface area contributed by atoms with Crippen LogP contribution in [-0.2, 0) is 19.1 Å². The lowest BCUT2D eigenvalue weighted by molar-refractivity contribution is -0.136. The number of nitrogens with zero attached hydrogens (tertiary/aromatic N) is 2. The molecule has 1 aromatic carbocycles. The third kappa shape index (κ3) is 5.84. The van der Waals surface area contributed by atoms with E-state index in [1.807, 2.05) is 0 Å². The van der Waals surface area contributed by atoms with E-state index in [0.717, 1.165) is 18.9 Å². The fraction of sp³-hybridized carbons (Fsp3) is 0.316. The number of halogens is 3. The molecule has 0 bridgehead atoms. The van der Waals surface area contributed by atoms with Crippen molar-refractivity contribution in [3.63, 3.8) is 0 Å². The molecule has 12 heteroatoms. The van der Waals surface area contributed by atoms with Crippen LogP contribution in [0.1, 0.15) is 18.4 Å². The lowest BCUT2D eigenvalue weighted by atomic mass is 9.80. The predicted octanol–water partition coefficient (Wildman–Crippen LogP) is 4.10. The number of aliphatic carboxylic acids is 1. The number of azo groups is 1. The van der Waals surface area contributed by atoms with Crippen LogP contribution in [0.25, 0.3) is 0 Å². The van der Waals surface area contributed by atoms with Crippen LogP contribution in [0.15, 0.2) is 51.0 Å². The summed E-state index contributed by atoms with van der Waals surface area (Å²) in [5.74, 6) is -3.81. The largest absolute Gasteiger partial charge is 0.478 e. The van der Waals surface area contributed by atoms with Gasteiger partial charge in [-0.15, -0.1) is 16.9 Å². The zero-order valence-corrected chi connectivity index (χ0v) is 18.8. The van der Waals surface area contributed by atoms with Crippen molar-refractivity contribution in [2.24, 2.45) is 10.2 Å². The van der Waals surface area contributed by atoms with Gasteiger partial charge in [0.05, 0.1) is 39.9 Å². The van der Waals surface area contributed by atoms with Gasteiger partial charge in [-0.3, -0.25) is 4.79 Å². The van der Waals surface area contributed by atoms with Gasteiger partial charge in [0.1, 0.15) is 12.6 Å². The number of alkyl halides is 1. The van der Waals surface area contributed by atoms with Crippen LogP contribution in [0.2, 0.25) is 10.0 Å². The van der Waals surface area contributed by atoms with Crippen LogP contribution in [-0.4, -0.2) is 48.4 Å². The Morgan fingerprint density at radius 3 is 2.55 bits per heavy atom. The number of carbonyl (C=O) groups is 3. The minimum Gasteiger partial charge on any atom is -0.478 e. The van der Waals surface area contributed by atoms with Gasteiger partial charge in [0.15, 0.2) is 0 Å². The minimum atomic E-state index is -1.34. The molecule has 1 aliphatic heterocycles. The molecule has 0 aromatic heterocycles. The number of ether oxygens (including phenoxy) is 1. The molecule has 1 amide bonds. The van der Waals surface area contributed by atoms with Gasteiger partial charge in [-0.1, -0.05) is 35.3 Å². The third-order valence-corrected chi connectivity index (χ3v) is 5.82. The zero-order valence-electron chi connectivity index (χ0n) is 16.4. The number of esters is 1. The second-order valence-corrected chi connectivity index (χ2v) is 7.89. The molecule has 2 N–H and O–H groups in total. The molecule has 2 rings (SSSR count). The number of carbonyl (C=O) groups excluding carboxylic acids is 2. The van der Waals surface area contributed by atoms with E-state index < -0.39 is 30.4 Å². The highest BCUT2D eigenvalue weighted by Gasteiger charge is 2.40. The van der Waals surface area contributed by atoms with Crippen molar-refractivity contribution < 1.29 is 28.6 Å². The van der Waals surface area contributed by atoms with E-state index in [1.54, 1.807) is 6.07 Å². The second kappa shape index (κ2) is 11.3. The van der Waals surface area contributed by atoms with Crippen LogP contribution < -0.4 is 5.32 Å². The summed E-state index contributed by atoms with van der Waals surface area (Å²) in [7, 11) is 1.11. The van der Waals surface area contributed by atoms with Crippen LogP contribution in [0.5, 0.6) is 0 Å². The number of carboxylic acids is 1. The number of rotatable bonds is 8. The van der Waals surface area contributed by atoms with Crippen molar-refractivity contribution in [2.45, 2.75) is 12.8 Å². The molecular weight excluding hydrogens is 472 g/mol. The predicted molar refractivity (Wildman–Crippen MR) is 115 cm³/mol. The fourth-order valence-electron chi connectivity index (χ4n) is 3.00. The van der Waals surface area contributed by atoms with Crippen LogP contribution in [0.4, 0.5) is 4.39 Å². The highest BCUT2D eigenvalue weighted by molar-refractivity contribution is 7.99. The Balaban J connectivity index is 2.61. The Labute approximate surface area is 191 Å². The monoisotopic (exact) mass is 489 g/mol. The van der Waals surface area contributed by atoms with Crippen LogP contribution in [0, 0.1) is 0 Å². The van der Waals surface area contributed by atoms with E-state index in [9.17, 15) is 23.9 Å². The van der Waals surface area contributed by atoms with E-state index >= 15 is 0 Å². The molecule has 31 heavy (non-hydrogen) atoms. The van der Waals surface area contributed by atoms with Gasteiger partial charge in [-0.25, -0.2) is 14.0 Å². The van der Waals surface area contributed by atoms with E-state index in [1.165, 1.54) is 19.1 Å². The summed E-state index contributed by atoms with van der Waals surface area (Å²) in [5, 5.41) is 19.9. The Bertz CT molecular complexity index is 997. The lowest BCUT2D eigenvalue weighted by Gasteiger charge is -2.31. The van der Waals surface area contributed by atoms with E-state index in [2.05, 4.69) is 15.5 Å². The molecule has 1 atom stereocenters. The summed E-state index contributed by atoms with van der Waals surface area (Å²) < 4.78 is 18.7. The first-order valence-corrected chi connectivity index (χ1v) is 10.6. The Hall–Kier alpha value is -2.43. The minimum absolute atomic E-state index is 0.0386. The molecule has 0 fully saturated rings. The van der Waals surface area contributed by atoms with Crippen molar-refractivity contribution in [3.05, 3.63) is 56.3 Å². The first kappa shape index (κ1) is 24.8. The summed E-state index contributed by atoms with van der Waals surface area (Å²) in [5.41, 5.74) is -0.191. The van der Waals surface area contributed by atoms with Gasteiger partial charge in [0, 0.05) is 18.4 Å². The lowest BCUT2D eigenvalue weighted by Crippen LogP contribution is -2.35. The maximum absolute atomic E-state index is 13.9. The quantitative estimate of drug-likeness (QED) is 0.320. The highest BCUT2D eigenvalue weighted by atomic mass is 35.5. The first-order chi connectivity index (χ1) is 14.7. The summed E-state index contributed by atoms with van der Waals surface area (Å²) in [6, 6.07) is 4.57. The SMILES string of the molecule is COC(=O)C1=C(CF)NC(CSCN=NC(C)=O)=C(C(=O)O)C1c1cccc(Cl)c1Cl. The molecule has 1 unspecified atom stereocenters. The standard InChI is InChI=1S/C19H18Cl2FN3O5S/c1-9(26)25-23-8-31-7-13-15(18(27)28)14(10-4-3-5-11(20)17(10)21)16(19(29)30-2)12(6-22)24-13/h3-5,14,24H,6-8H2,1-2H3,(H,27,28). The van der Waals surface area contributed by atoms with Gasteiger partial charge < -0.3 is 15.2 Å². The Morgan fingerprint density at radius 2 is 1.97 bits per heavy atom. The van der Waals surface area contributed by atoms with E-state index in [4.69, 9.17) is 27.9 Å². The van der Waals surface area contributed by atoms with Crippen molar-refractivity contribution in [1.82, 2.24) is 5.32 Å². The molecule has 0 aliphatic carbocycles. The molecule has 8 nitrogen and oxygen atoms in total. The van der Waals surface area contributed by atoms with E-state index in [-0.39, 0.29) is 49.8 Å². The average molecular weight is 490 g/mol. The first-order valence-electron chi connectivity index (χ1n) is 8.73. The van der Waals surface area contributed by atoms with Crippen LogP contribution >= 0.6 is 35.0 Å². The molecule has 0 radical (unpaired) electrons. The molecule has 1 aromatic rings. The topological polar surface area (TPSA) is 117 Å². The number of amides is 1. The summed E-state index contributed by atoms with van der Waals surface area (Å²) >= 11 is 13.6. The highest BCUT2D eigenvalue weighted by Crippen LogP contribution is 2.43. The van der Waals surface area contributed by atoms with Gasteiger partial charge in [-0.2, -0.15) is 5.11 Å². The maximum Gasteiger partial charge on any atom is 0.336 e. The smallest absolute Gasteiger partial charge is 0.336 e. The number of nitrogens with one attached hydrogen (secondary N) is 1. The summed E-state index contributed by atoms with van der Waals surface area (Å²) in [6.07, 6.45) is 0. The van der Waals surface area contributed by atoms with Crippen molar-refractivity contribution in [2.75, 3.05) is 25.4 Å². The molecule has 0 spiro atoms. The third-order valence-electron chi connectivity index (χ3n) is 4.20. The molecule has 1 heterocycles. The summed E-state index contributed by atoms with van der Waals surface area (Å²) in [4.78, 5) is 35.6. The number of hydrogen-bond acceptors (Lipinski definition) is 7. The summed E-state index contributed by atoms with van der Waals surface area (Å²) in [6.45, 7) is 0.165.